The van der Waals surface area contributed by atoms with E-state index in [1.807, 2.05) is 13.8 Å². The van der Waals surface area contributed by atoms with Crippen LogP contribution in [0.5, 0.6) is 5.75 Å². The summed E-state index contributed by atoms with van der Waals surface area (Å²) in [5, 5.41) is -0.142. The summed E-state index contributed by atoms with van der Waals surface area (Å²) < 4.78 is 45.1. The van der Waals surface area contributed by atoms with Gasteiger partial charge >= 0.3 is 12.3 Å². The average Bonchev–Trinajstić information content (AvgIpc) is 2.92. The molecule has 116 valence electrons. The number of hydrogen-bond acceptors (Lipinski definition) is 3. The van der Waals surface area contributed by atoms with Gasteiger partial charge in [-0.15, -0.1) is 13.2 Å². The lowest BCUT2D eigenvalue weighted by atomic mass is 10.0. The number of alkyl halides is 3. The Balaban J connectivity index is 2.24. The number of benzene rings is 1. The molecule has 1 aromatic rings. The van der Waals surface area contributed by atoms with E-state index in [4.69, 9.17) is 16.3 Å². The third kappa shape index (κ3) is 3.10. The predicted molar refractivity (Wildman–Crippen MR) is 70.2 cm³/mol. The van der Waals surface area contributed by atoms with Gasteiger partial charge in [0, 0.05) is 5.92 Å². The van der Waals surface area contributed by atoms with Crippen molar-refractivity contribution in [3.8, 4) is 5.75 Å². The predicted octanol–water partition coefficient (Wildman–Crippen LogP) is 4.15. The Morgan fingerprint density at radius 1 is 1.33 bits per heavy atom. The van der Waals surface area contributed by atoms with Crippen LogP contribution < -0.4 is 4.74 Å². The van der Waals surface area contributed by atoms with Crippen LogP contribution in [0.15, 0.2) is 18.2 Å². The van der Waals surface area contributed by atoms with Crippen molar-refractivity contribution in [2.75, 3.05) is 7.11 Å². The Bertz CT molecular complexity index is 569. The maximum atomic E-state index is 12.2. The van der Waals surface area contributed by atoms with E-state index < -0.39 is 12.1 Å². The van der Waals surface area contributed by atoms with E-state index in [1.54, 1.807) is 0 Å². The molecule has 0 N–H and O–H groups in total. The maximum absolute atomic E-state index is 12.2. The van der Waals surface area contributed by atoms with E-state index in [2.05, 4.69) is 4.74 Å². The van der Waals surface area contributed by atoms with Gasteiger partial charge in [0.1, 0.15) is 5.75 Å². The van der Waals surface area contributed by atoms with E-state index in [0.29, 0.717) is 5.56 Å². The fourth-order valence-corrected chi connectivity index (χ4v) is 2.97. The second-order valence-electron chi connectivity index (χ2n) is 5.54. The number of rotatable bonds is 3. The molecule has 0 radical (unpaired) electrons. The first-order chi connectivity index (χ1) is 9.58. The van der Waals surface area contributed by atoms with Crippen LogP contribution in [-0.2, 0) is 9.53 Å². The van der Waals surface area contributed by atoms with Crippen LogP contribution in [0.2, 0.25) is 5.02 Å². The molecule has 1 fully saturated rings. The molecule has 1 aliphatic rings. The largest absolute Gasteiger partial charge is 0.573 e. The summed E-state index contributed by atoms with van der Waals surface area (Å²) in [6.45, 7) is 3.79. The first kappa shape index (κ1) is 15.9. The van der Waals surface area contributed by atoms with Crippen molar-refractivity contribution in [2.45, 2.75) is 26.1 Å². The molecule has 3 nitrogen and oxygen atoms in total. The van der Waals surface area contributed by atoms with Gasteiger partial charge in [0.15, 0.2) is 0 Å². The van der Waals surface area contributed by atoms with Crippen LogP contribution in [0.25, 0.3) is 0 Å². The summed E-state index contributed by atoms with van der Waals surface area (Å²) >= 11 is 5.82. The van der Waals surface area contributed by atoms with Gasteiger partial charge < -0.3 is 9.47 Å². The molecule has 0 saturated heterocycles. The van der Waals surface area contributed by atoms with Crippen molar-refractivity contribution in [1.82, 2.24) is 0 Å². The molecule has 0 aromatic heterocycles. The van der Waals surface area contributed by atoms with Gasteiger partial charge in [0.05, 0.1) is 18.1 Å². The number of carbonyl (C=O) groups excluding carboxylic acids is 1. The summed E-state index contributed by atoms with van der Waals surface area (Å²) in [4.78, 5) is 11.7. The lowest BCUT2D eigenvalue weighted by Crippen LogP contribution is -2.17. The number of carbonyl (C=O) groups is 1. The monoisotopic (exact) mass is 322 g/mol. The molecule has 0 aliphatic heterocycles. The topological polar surface area (TPSA) is 35.5 Å². The van der Waals surface area contributed by atoms with Crippen molar-refractivity contribution in [2.24, 2.45) is 11.3 Å². The van der Waals surface area contributed by atoms with Crippen molar-refractivity contribution in [3.05, 3.63) is 28.8 Å². The Hall–Kier alpha value is -1.43. The second kappa shape index (κ2) is 5.09. The lowest BCUT2D eigenvalue weighted by molar-refractivity contribution is -0.274. The first-order valence-electron chi connectivity index (χ1n) is 6.21. The Morgan fingerprint density at radius 3 is 2.43 bits per heavy atom. The SMILES string of the molecule is COC(=O)C1C(c2ccc(OC(F)(F)F)c(Cl)c2)C1(C)C. The minimum atomic E-state index is -4.79. The average molecular weight is 323 g/mol. The molecule has 21 heavy (non-hydrogen) atoms. The van der Waals surface area contributed by atoms with Crippen molar-refractivity contribution >= 4 is 17.6 Å². The number of ether oxygens (including phenoxy) is 2. The molecule has 2 unspecified atom stereocenters. The molecular formula is C14H14ClF3O3. The third-order valence-corrected chi connectivity index (χ3v) is 4.12. The fourth-order valence-electron chi connectivity index (χ4n) is 2.74. The smallest absolute Gasteiger partial charge is 0.469 e. The van der Waals surface area contributed by atoms with E-state index >= 15 is 0 Å². The number of methoxy groups -OCH3 is 1. The minimum Gasteiger partial charge on any atom is -0.469 e. The molecule has 0 bridgehead atoms. The molecule has 1 aromatic carbocycles. The van der Waals surface area contributed by atoms with Crippen molar-refractivity contribution < 1.29 is 27.4 Å². The third-order valence-electron chi connectivity index (χ3n) is 3.82. The van der Waals surface area contributed by atoms with Gasteiger partial charge in [-0.25, -0.2) is 0 Å². The molecule has 0 heterocycles. The molecule has 7 heteroatoms. The Morgan fingerprint density at radius 2 is 1.95 bits per heavy atom. The highest BCUT2D eigenvalue weighted by atomic mass is 35.5. The molecule has 2 rings (SSSR count). The van der Waals surface area contributed by atoms with Gasteiger partial charge in [-0.3, -0.25) is 4.79 Å². The van der Waals surface area contributed by atoms with Crippen molar-refractivity contribution in [3.63, 3.8) is 0 Å². The highest BCUT2D eigenvalue weighted by Gasteiger charge is 2.63. The zero-order valence-electron chi connectivity index (χ0n) is 11.6. The summed E-state index contributed by atoms with van der Waals surface area (Å²) in [6.07, 6.45) is -4.79. The van der Waals surface area contributed by atoms with Crippen molar-refractivity contribution in [1.29, 1.82) is 0 Å². The molecule has 0 amide bonds. The minimum absolute atomic E-state index is 0.137. The molecule has 1 aliphatic carbocycles. The second-order valence-corrected chi connectivity index (χ2v) is 5.94. The standard InChI is InChI=1S/C14H14ClF3O3/c1-13(2)10(11(13)12(19)20-3)7-4-5-9(8(15)6-7)21-14(16,17)18/h4-6,10-11H,1-3H3. The number of esters is 1. The van der Waals surface area contributed by atoms with Crippen LogP contribution in [0, 0.1) is 11.3 Å². The summed E-state index contributed by atoms with van der Waals surface area (Å²) in [6, 6.07) is 4.05. The highest BCUT2D eigenvalue weighted by molar-refractivity contribution is 6.32. The summed E-state index contributed by atoms with van der Waals surface area (Å²) in [7, 11) is 1.31. The fraction of sp³-hybridized carbons (Fsp3) is 0.500. The highest BCUT2D eigenvalue weighted by Crippen LogP contribution is 2.65. The summed E-state index contributed by atoms with van der Waals surface area (Å²) in [5.74, 6) is -1.26. The van der Waals surface area contributed by atoms with Crippen LogP contribution in [0.3, 0.4) is 0 Å². The normalized spacial score (nSPS) is 23.6. The van der Waals surface area contributed by atoms with Gasteiger partial charge in [-0.05, 0) is 23.1 Å². The quantitative estimate of drug-likeness (QED) is 0.784. The van der Waals surface area contributed by atoms with E-state index in [9.17, 15) is 18.0 Å². The molecular weight excluding hydrogens is 309 g/mol. The van der Waals surface area contributed by atoms with Crippen LogP contribution >= 0.6 is 11.6 Å². The van der Waals surface area contributed by atoms with Crippen LogP contribution in [0.4, 0.5) is 13.2 Å². The molecule has 0 spiro atoms. The number of hydrogen-bond donors (Lipinski definition) is 0. The maximum Gasteiger partial charge on any atom is 0.573 e. The van der Waals surface area contributed by atoms with E-state index in [1.165, 1.54) is 19.2 Å². The zero-order chi connectivity index (χ0) is 16.0. The van der Waals surface area contributed by atoms with Gasteiger partial charge in [0.2, 0.25) is 0 Å². The Kier molecular flexibility index (Phi) is 3.86. The molecule has 1 saturated carbocycles. The number of halogens is 4. The Labute approximate surface area is 125 Å². The first-order valence-corrected chi connectivity index (χ1v) is 6.58. The van der Waals surface area contributed by atoms with Gasteiger partial charge in [-0.2, -0.15) is 0 Å². The van der Waals surface area contributed by atoms with Crippen LogP contribution in [0.1, 0.15) is 25.3 Å². The van der Waals surface area contributed by atoms with E-state index in [-0.39, 0.29) is 28.2 Å². The summed E-state index contributed by atoms with van der Waals surface area (Å²) in [5.41, 5.74) is 0.373. The zero-order valence-corrected chi connectivity index (χ0v) is 12.4. The van der Waals surface area contributed by atoms with Crippen LogP contribution in [-0.4, -0.2) is 19.4 Å². The lowest BCUT2D eigenvalue weighted by Gasteiger charge is -2.11. The van der Waals surface area contributed by atoms with Gasteiger partial charge in [-0.1, -0.05) is 31.5 Å². The van der Waals surface area contributed by atoms with E-state index in [0.717, 1.165) is 6.07 Å². The molecule has 2 atom stereocenters. The van der Waals surface area contributed by atoms with Gasteiger partial charge in [0.25, 0.3) is 0 Å².